The van der Waals surface area contributed by atoms with Crippen LogP contribution in [0.15, 0.2) is 18.2 Å². The van der Waals surface area contributed by atoms with Gasteiger partial charge >= 0.3 is 0 Å². The van der Waals surface area contributed by atoms with Crippen LogP contribution in [0.5, 0.6) is 11.5 Å². The Bertz CT molecular complexity index is 331. The molecule has 1 aliphatic rings. The molecular formula is C12H16O2. The smallest absolute Gasteiger partial charge is 0.123 e. The van der Waals surface area contributed by atoms with E-state index >= 15 is 0 Å². The second-order valence-electron chi connectivity index (χ2n) is 4.21. The highest BCUT2D eigenvalue weighted by atomic mass is 16.5. The monoisotopic (exact) mass is 192 g/mol. The predicted octanol–water partition coefficient (Wildman–Crippen LogP) is 2.91. The molecule has 14 heavy (non-hydrogen) atoms. The van der Waals surface area contributed by atoms with Gasteiger partial charge in [-0.25, -0.2) is 0 Å². The van der Waals surface area contributed by atoms with E-state index in [4.69, 9.17) is 4.74 Å². The molecule has 1 atom stereocenters. The third-order valence-corrected chi connectivity index (χ3v) is 2.88. The fraction of sp³-hybridized carbons (Fsp3) is 0.500. The average Bonchev–Trinajstić information content (AvgIpc) is 2.16. The summed E-state index contributed by atoms with van der Waals surface area (Å²) in [5, 5.41) is 9.43. The summed E-state index contributed by atoms with van der Waals surface area (Å²) in [6.45, 7) is 5.22. The lowest BCUT2D eigenvalue weighted by molar-refractivity contribution is 0.246. The molecule has 1 aromatic carbocycles. The minimum absolute atomic E-state index is 0.333. The van der Waals surface area contributed by atoms with E-state index < -0.39 is 0 Å². The van der Waals surface area contributed by atoms with E-state index in [2.05, 4.69) is 13.8 Å². The molecule has 0 aliphatic carbocycles. The van der Waals surface area contributed by atoms with Crippen LogP contribution in [0, 0.1) is 5.92 Å². The predicted molar refractivity (Wildman–Crippen MR) is 55.8 cm³/mol. The van der Waals surface area contributed by atoms with E-state index in [0.717, 1.165) is 24.3 Å². The second kappa shape index (κ2) is 3.52. The Morgan fingerprint density at radius 2 is 2.21 bits per heavy atom. The zero-order valence-electron chi connectivity index (χ0n) is 8.66. The highest BCUT2D eigenvalue weighted by Crippen LogP contribution is 2.39. The summed E-state index contributed by atoms with van der Waals surface area (Å²) in [5.74, 6) is 2.39. The maximum absolute atomic E-state index is 9.43. The van der Waals surface area contributed by atoms with Gasteiger partial charge in [0.15, 0.2) is 0 Å². The topological polar surface area (TPSA) is 29.5 Å². The van der Waals surface area contributed by atoms with Gasteiger partial charge < -0.3 is 9.84 Å². The highest BCUT2D eigenvalue weighted by molar-refractivity contribution is 5.43. The Kier molecular flexibility index (Phi) is 2.36. The van der Waals surface area contributed by atoms with Gasteiger partial charge in [-0.15, -0.1) is 0 Å². The molecule has 2 heteroatoms. The van der Waals surface area contributed by atoms with E-state index in [1.165, 1.54) is 0 Å². The van der Waals surface area contributed by atoms with Gasteiger partial charge in [0.25, 0.3) is 0 Å². The van der Waals surface area contributed by atoms with Crippen LogP contribution in [0.4, 0.5) is 0 Å². The van der Waals surface area contributed by atoms with Crippen molar-refractivity contribution in [3.05, 3.63) is 23.8 Å². The number of hydrogen-bond donors (Lipinski definition) is 1. The number of phenolic OH excluding ortho intramolecular Hbond substituents is 1. The Balaban J connectivity index is 2.41. The molecule has 0 radical (unpaired) electrons. The summed E-state index contributed by atoms with van der Waals surface area (Å²) >= 11 is 0. The van der Waals surface area contributed by atoms with Crippen LogP contribution in [0.3, 0.4) is 0 Å². The molecule has 2 nitrogen and oxygen atoms in total. The Morgan fingerprint density at radius 3 is 2.93 bits per heavy atom. The first-order valence-corrected chi connectivity index (χ1v) is 5.14. The maximum atomic E-state index is 9.43. The molecule has 1 N–H and O–H groups in total. The number of rotatable bonds is 1. The molecule has 0 aromatic heterocycles. The number of phenols is 1. The van der Waals surface area contributed by atoms with Gasteiger partial charge in [-0.1, -0.05) is 13.8 Å². The molecule has 0 bridgehead atoms. The molecule has 1 aromatic rings. The summed E-state index contributed by atoms with van der Waals surface area (Å²) in [6, 6.07) is 5.37. The number of aromatic hydroxyl groups is 1. The summed E-state index contributed by atoms with van der Waals surface area (Å²) in [7, 11) is 0. The quantitative estimate of drug-likeness (QED) is 0.741. The van der Waals surface area contributed by atoms with E-state index in [9.17, 15) is 5.11 Å². The van der Waals surface area contributed by atoms with Crippen molar-refractivity contribution in [2.75, 3.05) is 6.61 Å². The lowest BCUT2D eigenvalue weighted by Crippen LogP contribution is -2.17. The van der Waals surface area contributed by atoms with Gasteiger partial charge in [0.2, 0.25) is 0 Å². The molecule has 0 spiro atoms. The third kappa shape index (κ3) is 1.57. The van der Waals surface area contributed by atoms with Crippen molar-refractivity contribution < 1.29 is 9.84 Å². The van der Waals surface area contributed by atoms with Crippen molar-refractivity contribution in [2.24, 2.45) is 5.92 Å². The van der Waals surface area contributed by atoms with E-state index in [-0.39, 0.29) is 0 Å². The molecule has 0 fully saturated rings. The molecular weight excluding hydrogens is 176 g/mol. The van der Waals surface area contributed by atoms with Crippen molar-refractivity contribution >= 4 is 0 Å². The second-order valence-corrected chi connectivity index (χ2v) is 4.21. The first kappa shape index (κ1) is 9.38. The highest BCUT2D eigenvalue weighted by Gasteiger charge is 2.24. The van der Waals surface area contributed by atoms with Crippen molar-refractivity contribution in [3.63, 3.8) is 0 Å². The van der Waals surface area contributed by atoms with Gasteiger partial charge in [0, 0.05) is 5.56 Å². The van der Waals surface area contributed by atoms with Crippen LogP contribution in [-0.4, -0.2) is 11.7 Å². The lowest BCUT2D eigenvalue weighted by Gasteiger charge is -2.28. The van der Waals surface area contributed by atoms with E-state index in [1.807, 2.05) is 12.1 Å². The van der Waals surface area contributed by atoms with Crippen LogP contribution >= 0.6 is 0 Å². The Hall–Kier alpha value is -1.18. The summed E-state index contributed by atoms with van der Waals surface area (Å²) in [6.07, 6.45) is 1.05. The van der Waals surface area contributed by atoms with Crippen molar-refractivity contribution in [2.45, 2.75) is 26.2 Å². The van der Waals surface area contributed by atoms with Crippen molar-refractivity contribution in [3.8, 4) is 11.5 Å². The maximum Gasteiger partial charge on any atom is 0.123 e. The number of hydrogen-bond acceptors (Lipinski definition) is 2. The molecule has 76 valence electrons. The first-order chi connectivity index (χ1) is 6.68. The lowest BCUT2D eigenvalue weighted by atomic mass is 9.84. The third-order valence-electron chi connectivity index (χ3n) is 2.88. The van der Waals surface area contributed by atoms with Crippen LogP contribution in [0.25, 0.3) is 0 Å². The van der Waals surface area contributed by atoms with Gasteiger partial charge in [0.1, 0.15) is 11.5 Å². The van der Waals surface area contributed by atoms with Crippen LogP contribution in [-0.2, 0) is 0 Å². The molecule has 1 aliphatic heterocycles. The molecule has 0 saturated heterocycles. The van der Waals surface area contributed by atoms with Crippen LogP contribution < -0.4 is 4.74 Å². The zero-order chi connectivity index (χ0) is 10.1. The average molecular weight is 192 g/mol. The summed E-state index contributed by atoms with van der Waals surface area (Å²) < 4.78 is 5.55. The SMILES string of the molecule is CC(C)C1CCOc2ccc(O)cc21. The first-order valence-electron chi connectivity index (χ1n) is 5.14. The number of benzene rings is 1. The minimum Gasteiger partial charge on any atom is -0.508 e. The fourth-order valence-electron chi connectivity index (χ4n) is 2.10. The summed E-state index contributed by atoms with van der Waals surface area (Å²) in [5.41, 5.74) is 1.16. The van der Waals surface area contributed by atoms with Gasteiger partial charge in [-0.2, -0.15) is 0 Å². The fourth-order valence-corrected chi connectivity index (χ4v) is 2.10. The van der Waals surface area contributed by atoms with Gasteiger partial charge in [0.05, 0.1) is 6.61 Å². The van der Waals surface area contributed by atoms with Crippen LogP contribution in [0.2, 0.25) is 0 Å². The molecule has 0 amide bonds. The molecule has 2 rings (SSSR count). The van der Waals surface area contributed by atoms with Crippen molar-refractivity contribution in [1.82, 2.24) is 0 Å². The normalized spacial score (nSPS) is 20.4. The van der Waals surface area contributed by atoms with E-state index in [0.29, 0.717) is 17.6 Å². The standard InChI is InChI=1S/C12H16O2/c1-8(2)10-5-6-14-12-4-3-9(13)7-11(10)12/h3-4,7-8,10,13H,5-6H2,1-2H3. The Labute approximate surface area is 84.5 Å². The number of ether oxygens (including phenoxy) is 1. The van der Waals surface area contributed by atoms with E-state index in [1.54, 1.807) is 6.07 Å². The zero-order valence-corrected chi connectivity index (χ0v) is 8.66. The van der Waals surface area contributed by atoms with Crippen LogP contribution in [0.1, 0.15) is 31.7 Å². The largest absolute Gasteiger partial charge is 0.508 e. The van der Waals surface area contributed by atoms with Gasteiger partial charge in [-0.3, -0.25) is 0 Å². The molecule has 1 unspecified atom stereocenters. The van der Waals surface area contributed by atoms with Crippen molar-refractivity contribution in [1.29, 1.82) is 0 Å². The minimum atomic E-state index is 0.333. The molecule has 0 saturated carbocycles. The number of fused-ring (bicyclic) bond motifs is 1. The Morgan fingerprint density at radius 1 is 1.43 bits per heavy atom. The molecule has 1 heterocycles. The summed E-state index contributed by atoms with van der Waals surface area (Å²) in [4.78, 5) is 0. The van der Waals surface area contributed by atoms with Gasteiger partial charge in [-0.05, 0) is 36.5 Å².